The van der Waals surface area contributed by atoms with Crippen molar-refractivity contribution in [2.24, 2.45) is 0 Å². The third-order valence-corrected chi connectivity index (χ3v) is 3.65. The number of amides is 1. The lowest BCUT2D eigenvalue weighted by Crippen LogP contribution is -2.32. The monoisotopic (exact) mass is 355 g/mol. The van der Waals surface area contributed by atoms with Gasteiger partial charge in [0.25, 0.3) is 0 Å². The van der Waals surface area contributed by atoms with Crippen molar-refractivity contribution in [2.75, 3.05) is 7.11 Å². The fraction of sp³-hybridized carbons (Fsp3) is 0.333. The smallest absolute Gasteiger partial charge is 0.407 e. The molecule has 2 aromatic rings. The number of ether oxygens (including phenoxy) is 2. The van der Waals surface area contributed by atoms with Gasteiger partial charge in [0.2, 0.25) is 0 Å². The summed E-state index contributed by atoms with van der Waals surface area (Å²) in [4.78, 5) is 23.0. The fourth-order valence-electron chi connectivity index (χ4n) is 2.36. The molecule has 0 aliphatic heterocycles. The molecule has 0 saturated carbocycles. The SMILES string of the molecule is COC(=O)Cc1ccc(-c2ccc(CNC(=O)OC(C)(C)C)cc2)cc1. The van der Waals surface area contributed by atoms with Gasteiger partial charge < -0.3 is 14.8 Å². The molecule has 0 aliphatic rings. The molecule has 1 amide bonds. The van der Waals surface area contributed by atoms with Gasteiger partial charge in [0.1, 0.15) is 5.60 Å². The zero-order chi connectivity index (χ0) is 19.2. The first-order valence-electron chi connectivity index (χ1n) is 8.49. The first kappa shape index (κ1) is 19.5. The van der Waals surface area contributed by atoms with E-state index in [0.717, 1.165) is 22.3 Å². The maximum atomic E-state index is 11.7. The molecule has 1 N–H and O–H groups in total. The molecule has 5 heteroatoms. The molecular weight excluding hydrogens is 330 g/mol. The van der Waals surface area contributed by atoms with Crippen molar-refractivity contribution < 1.29 is 19.1 Å². The number of benzene rings is 2. The van der Waals surface area contributed by atoms with Crippen molar-refractivity contribution in [3.63, 3.8) is 0 Å². The number of hydrogen-bond donors (Lipinski definition) is 1. The van der Waals surface area contributed by atoms with Crippen molar-refractivity contribution in [3.05, 3.63) is 59.7 Å². The molecular formula is C21H25NO4. The summed E-state index contributed by atoms with van der Waals surface area (Å²) in [7, 11) is 1.38. The van der Waals surface area contributed by atoms with Crippen LogP contribution in [0.3, 0.4) is 0 Å². The Hall–Kier alpha value is -2.82. The van der Waals surface area contributed by atoms with Gasteiger partial charge in [-0.3, -0.25) is 4.79 Å². The van der Waals surface area contributed by atoms with Crippen LogP contribution >= 0.6 is 0 Å². The predicted octanol–water partition coefficient (Wildman–Crippen LogP) is 4.09. The van der Waals surface area contributed by atoms with Gasteiger partial charge in [-0.1, -0.05) is 48.5 Å². The molecule has 0 radical (unpaired) electrons. The Morgan fingerprint density at radius 1 is 0.885 bits per heavy atom. The van der Waals surface area contributed by atoms with Gasteiger partial charge >= 0.3 is 12.1 Å². The molecule has 0 spiro atoms. The average molecular weight is 355 g/mol. The minimum absolute atomic E-state index is 0.250. The van der Waals surface area contributed by atoms with Crippen LogP contribution in [0.1, 0.15) is 31.9 Å². The highest BCUT2D eigenvalue weighted by molar-refractivity contribution is 5.73. The molecule has 0 atom stereocenters. The summed E-state index contributed by atoms with van der Waals surface area (Å²) in [6, 6.07) is 15.7. The molecule has 0 bridgehead atoms. The van der Waals surface area contributed by atoms with Crippen LogP contribution in [-0.2, 0) is 27.2 Å². The Morgan fingerprint density at radius 3 is 1.85 bits per heavy atom. The zero-order valence-corrected chi connectivity index (χ0v) is 15.7. The molecule has 2 rings (SSSR count). The Bertz CT molecular complexity index is 743. The van der Waals surface area contributed by atoms with Gasteiger partial charge in [0.15, 0.2) is 0 Å². The number of carbonyl (C=O) groups is 2. The summed E-state index contributed by atoms with van der Waals surface area (Å²) in [5.41, 5.74) is 3.52. The molecule has 26 heavy (non-hydrogen) atoms. The third kappa shape index (κ3) is 6.24. The van der Waals surface area contributed by atoms with E-state index in [0.29, 0.717) is 6.54 Å². The number of methoxy groups -OCH3 is 1. The molecule has 5 nitrogen and oxygen atoms in total. The highest BCUT2D eigenvalue weighted by Crippen LogP contribution is 2.21. The topological polar surface area (TPSA) is 64.6 Å². The largest absolute Gasteiger partial charge is 0.469 e. The van der Waals surface area contributed by atoms with Gasteiger partial charge in [-0.05, 0) is 43.0 Å². The summed E-state index contributed by atoms with van der Waals surface area (Å²) in [6.07, 6.45) is -0.158. The van der Waals surface area contributed by atoms with E-state index >= 15 is 0 Å². The van der Waals surface area contributed by atoms with Crippen LogP contribution in [-0.4, -0.2) is 24.8 Å². The highest BCUT2D eigenvalue weighted by Gasteiger charge is 2.15. The molecule has 0 fully saturated rings. The lowest BCUT2D eigenvalue weighted by molar-refractivity contribution is -0.139. The van der Waals surface area contributed by atoms with E-state index in [9.17, 15) is 9.59 Å². The average Bonchev–Trinajstić information content (AvgIpc) is 2.59. The Kier molecular flexibility index (Phi) is 6.39. The van der Waals surface area contributed by atoms with E-state index in [4.69, 9.17) is 4.74 Å². The quantitative estimate of drug-likeness (QED) is 0.821. The Morgan fingerprint density at radius 2 is 1.38 bits per heavy atom. The number of hydrogen-bond acceptors (Lipinski definition) is 4. The highest BCUT2D eigenvalue weighted by atomic mass is 16.6. The predicted molar refractivity (Wildman–Crippen MR) is 101 cm³/mol. The lowest BCUT2D eigenvalue weighted by atomic mass is 10.0. The van der Waals surface area contributed by atoms with Crippen LogP contribution in [0.4, 0.5) is 4.79 Å². The van der Waals surface area contributed by atoms with Crippen LogP contribution in [0.5, 0.6) is 0 Å². The first-order valence-corrected chi connectivity index (χ1v) is 8.49. The maximum Gasteiger partial charge on any atom is 0.407 e. The second-order valence-electron chi connectivity index (χ2n) is 7.00. The summed E-state index contributed by atoms with van der Waals surface area (Å²) in [6.45, 7) is 5.90. The summed E-state index contributed by atoms with van der Waals surface area (Å²) < 4.78 is 9.89. The van der Waals surface area contributed by atoms with Gasteiger partial charge in [0.05, 0.1) is 13.5 Å². The van der Waals surface area contributed by atoms with E-state index < -0.39 is 11.7 Å². The molecule has 0 aromatic heterocycles. The van der Waals surface area contributed by atoms with E-state index in [2.05, 4.69) is 10.1 Å². The molecule has 0 heterocycles. The van der Waals surface area contributed by atoms with Crippen LogP contribution in [0.2, 0.25) is 0 Å². The van der Waals surface area contributed by atoms with Crippen LogP contribution in [0.25, 0.3) is 11.1 Å². The number of alkyl carbamates (subject to hydrolysis) is 1. The van der Waals surface area contributed by atoms with Crippen LogP contribution in [0.15, 0.2) is 48.5 Å². The van der Waals surface area contributed by atoms with Gasteiger partial charge in [0, 0.05) is 6.54 Å². The molecule has 138 valence electrons. The van der Waals surface area contributed by atoms with E-state index in [-0.39, 0.29) is 12.4 Å². The molecule has 0 unspecified atom stereocenters. The first-order chi connectivity index (χ1) is 12.3. The minimum Gasteiger partial charge on any atom is -0.469 e. The normalized spacial score (nSPS) is 10.9. The fourth-order valence-corrected chi connectivity index (χ4v) is 2.36. The maximum absolute atomic E-state index is 11.7. The van der Waals surface area contributed by atoms with Crippen molar-refractivity contribution in [1.29, 1.82) is 0 Å². The van der Waals surface area contributed by atoms with Crippen molar-refractivity contribution >= 4 is 12.1 Å². The lowest BCUT2D eigenvalue weighted by Gasteiger charge is -2.19. The summed E-state index contributed by atoms with van der Waals surface area (Å²) in [5, 5.41) is 2.74. The number of rotatable bonds is 5. The third-order valence-electron chi connectivity index (χ3n) is 3.65. The molecule has 0 aliphatic carbocycles. The van der Waals surface area contributed by atoms with E-state index in [1.54, 1.807) is 0 Å². The van der Waals surface area contributed by atoms with Crippen LogP contribution in [0, 0.1) is 0 Å². The number of esters is 1. The van der Waals surface area contributed by atoms with E-state index in [1.807, 2.05) is 69.3 Å². The zero-order valence-electron chi connectivity index (χ0n) is 15.7. The van der Waals surface area contributed by atoms with Gasteiger partial charge in [-0.15, -0.1) is 0 Å². The summed E-state index contributed by atoms with van der Waals surface area (Å²) in [5.74, 6) is -0.250. The van der Waals surface area contributed by atoms with E-state index in [1.165, 1.54) is 7.11 Å². The Labute approximate surface area is 154 Å². The molecule has 0 saturated heterocycles. The van der Waals surface area contributed by atoms with Gasteiger partial charge in [-0.25, -0.2) is 4.79 Å². The minimum atomic E-state index is -0.506. The summed E-state index contributed by atoms with van der Waals surface area (Å²) >= 11 is 0. The van der Waals surface area contributed by atoms with Gasteiger partial charge in [-0.2, -0.15) is 0 Å². The van der Waals surface area contributed by atoms with Crippen molar-refractivity contribution in [1.82, 2.24) is 5.32 Å². The second-order valence-corrected chi connectivity index (χ2v) is 7.00. The second kappa shape index (κ2) is 8.52. The van der Waals surface area contributed by atoms with Crippen molar-refractivity contribution in [2.45, 2.75) is 39.3 Å². The molecule has 2 aromatic carbocycles. The standard InChI is InChI=1S/C21H25NO4/c1-21(2,3)26-20(24)22-14-16-7-11-18(12-8-16)17-9-5-15(6-10-17)13-19(23)25-4/h5-12H,13-14H2,1-4H3,(H,22,24). The number of carbonyl (C=O) groups excluding carboxylic acids is 2. The van der Waals surface area contributed by atoms with Crippen LogP contribution < -0.4 is 5.32 Å². The Balaban J connectivity index is 1.94. The van der Waals surface area contributed by atoms with Crippen molar-refractivity contribution in [3.8, 4) is 11.1 Å². The number of nitrogens with one attached hydrogen (secondary N) is 1.